The van der Waals surface area contributed by atoms with Crippen LogP contribution in [0.2, 0.25) is 0 Å². The van der Waals surface area contributed by atoms with Gasteiger partial charge in [-0.05, 0) is 13.8 Å². The van der Waals surface area contributed by atoms with E-state index in [1.165, 1.54) is 7.11 Å². The van der Waals surface area contributed by atoms with E-state index in [1.54, 1.807) is 13.8 Å². The first-order valence-corrected chi connectivity index (χ1v) is 5.33. The van der Waals surface area contributed by atoms with Crippen LogP contribution in [0.25, 0.3) is 0 Å². The average molecular weight is 233 g/mol. The van der Waals surface area contributed by atoms with Gasteiger partial charge in [0.2, 0.25) is 0 Å². The fraction of sp³-hybridized carbons (Fsp3) is 1.00. The molecule has 0 radical (unpaired) electrons. The van der Waals surface area contributed by atoms with Crippen molar-refractivity contribution in [1.29, 1.82) is 0 Å². The second-order valence-corrected chi connectivity index (χ2v) is 4.90. The van der Waals surface area contributed by atoms with E-state index in [9.17, 15) is 10.2 Å². The quantitative estimate of drug-likeness (QED) is 0.542. The number of ether oxygens (including phenoxy) is 3. The van der Waals surface area contributed by atoms with Crippen molar-refractivity contribution in [2.24, 2.45) is 5.73 Å². The van der Waals surface area contributed by atoms with Gasteiger partial charge in [0, 0.05) is 7.11 Å². The number of fused-ring (bicyclic) bond motifs is 1. The Morgan fingerprint density at radius 1 is 1.38 bits per heavy atom. The molecule has 1 heterocycles. The van der Waals surface area contributed by atoms with Gasteiger partial charge in [-0.3, -0.25) is 0 Å². The van der Waals surface area contributed by atoms with Gasteiger partial charge in [-0.2, -0.15) is 0 Å². The van der Waals surface area contributed by atoms with E-state index in [0.717, 1.165) is 0 Å². The van der Waals surface area contributed by atoms with Crippen LogP contribution in [0.15, 0.2) is 0 Å². The maximum absolute atomic E-state index is 10.3. The molecule has 0 bridgehead atoms. The van der Waals surface area contributed by atoms with Gasteiger partial charge in [0.05, 0.1) is 12.6 Å². The maximum atomic E-state index is 10.3. The molecule has 1 aliphatic carbocycles. The SMILES string of the molecule is CO[C@@H]1[C@H]2OC(C)(C)O[C@H]2[C@@](O)(CO)[C@H]1N. The van der Waals surface area contributed by atoms with Crippen molar-refractivity contribution >= 4 is 0 Å². The Labute approximate surface area is 94.3 Å². The molecule has 4 N–H and O–H groups in total. The van der Waals surface area contributed by atoms with Crippen molar-refractivity contribution in [2.45, 2.75) is 49.6 Å². The molecule has 0 spiro atoms. The smallest absolute Gasteiger partial charge is 0.164 e. The molecule has 16 heavy (non-hydrogen) atoms. The lowest BCUT2D eigenvalue weighted by Crippen LogP contribution is -2.57. The molecule has 0 aromatic heterocycles. The molecule has 1 saturated heterocycles. The standard InChI is InChI=1S/C10H19NO5/c1-9(2)15-6-5(14-3)7(11)10(13,4-12)8(6)16-9/h5-8,12-13H,4,11H2,1-3H3/t5-,6-,7+,8-,10-/m1/s1. The maximum Gasteiger partial charge on any atom is 0.164 e. The molecule has 94 valence electrons. The minimum atomic E-state index is -1.51. The van der Waals surface area contributed by atoms with Gasteiger partial charge < -0.3 is 30.2 Å². The summed E-state index contributed by atoms with van der Waals surface area (Å²) < 4.78 is 16.5. The van der Waals surface area contributed by atoms with Crippen LogP contribution < -0.4 is 5.73 Å². The fourth-order valence-electron chi connectivity index (χ4n) is 2.57. The lowest BCUT2D eigenvalue weighted by molar-refractivity contribution is -0.198. The zero-order valence-corrected chi connectivity index (χ0v) is 9.71. The van der Waals surface area contributed by atoms with Crippen molar-refractivity contribution in [1.82, 2.24) is 0 Å². The molecular formula is C10H19NO5. The van der Waals surface area contributed by atoms with Gasteiger partial charge in [0.15, 0.2) is 5.79 Å². The van der Waals surface area contributed by atoms with Crippen molar-refractivity contribution in [3.63, 3.8) is 0 Å². The molecule has 2 aliphatic rings. The number of rotatable bonds is 2. The number of nitrogens with two attached hydrogens (primary N) is 1. The number of hydrogen-bond acceptors (Lipinski definition) is 6. The largest absolute Gasteiger partial charge is 0.393 e. The highest BCUT2D eigenvalue weighted by atomic mass is 16.8. The molecule has 6 nitrogen and oxygen atoms in total. The van der Waals surface area contributed by atoms with Crippen LogP contribution in [-0.2, 0) is 14.2 Å². The Bertz CT molecular complexity index is 284. The van der Waals surface area contributed by atoms with Crippen LogP contribution in [-0.4, -0.2) is 59.7 Å². The molecule has 2 fully saturated rings. The summed E-state index contributed by atoms with van der Waals surface area (Å²) in [6, 6.07) is -0.728. The second-order valence-electron chi connectivity index (χ2n) is 4.90. The molecular weight excluding hydrogens is 214 g/mol. The van der Waals surface area contributed by atoms with Crippen molar-refractivity contribution < 1.29 is 24.4 Å². The van der Waals surface area contributed by atoms with Gasteiger partial charge in [0.25, 0.3) is 0 Å². The molecule has 1 aliphatic heterocycles. The van der Waals surface area contributed by atoms with Crippen LogP contribution in [0.5, 0.6) is 0 Å². The van der Waals surface area contributed by atoms with Crippen LogP contribution in [0, 0.1) is 0 Å². The van der Waals surface area contributed by atoms with Gasteiger partial charge >= 0.3 is 0 Å². The topological polar surface area (TPSA) is 94.2 Å². The highest BCUT2D eigenvalue weighted by Crippen LogP contribution is 2.44. The molecule has 6 heteroatoms. The summed E-state index contributed by atoms with van der Waals surface area (Å²) in [5, 5.41) is 19.6. The molecule has 1 saturated carbocycles. The van der Waals surface area contributed by atoms with Crippen LogP contribution in [0.4, 0.5) is 0 Å². The second kappa shape index (κ2) is 3.63. The fourth-order valence-corrected chi connectivity index (χ4v) is 2.57. The number of aliphatic hydroxyl groups is 2. The zero-order valence-electron chi connectivity index (χ0n) is 9.71. The first kappa shape index (κ1) is 12.2. The normalized spacial score (nSPS) is 50.6. The van der Waals surface area contributed by atoms with E-state index in [-0.39, 0.29) is 0 Å². The van der Waals surface area contributed by atoms with Crippen LogP contribution in [0.1, 0.15) is 13.8 Å². The summed E-state index contributed by atoms with van der Waals surface area (Å²) in [4.78, 5) is 0. The summed E-state index contributed by atoms with van der Waals surface area (Å²) in [7, 11) is 1.50. The van der Waals surface area contributed by atoms with Crippen molar-refractivity contribution in [3.05, 3.63) is 0 Å². The summed E-state index contributed by atoms with van der Waals surface area (Å²) in [6.45, 7) is 3.03. The van der Waals surface area contributed by atoms with Gasteiger partial charge in [-0.1, -0.05) is 0 Å². The van der Waals surface area contributed by atoms with Gasteiger partial charge in [-0.15, -0.1) is 0 Å². The minimum Gasteiger partial charge on any atom is -0.393 e. The van der Waals surface area contributed by atoms with Crippen molar-refractivity contribution in [3.8, 4) is 0 Å². The first-order valence-electron chi connectivity index (χ1n) is 5.33. The lowest BCUT2D eigenvalue weighted by atomic mass is 9.97. The summed E-state index contributed by atoms with van der Waals surface area (Å²) in [5.74, 6) is -0.796. The molecule has 0 amide bonds. The highest BCUT2D eigenvalue weighted by molar-refractivity contribution is 5.15. The van der Waals surface area contributed by atoms with Gasteiger partial charge in [-0.25, -0.2) is 0 Å². The number of hydrogen-bond donors (Lipinski definition) is 3. The first-order chi connectivity index (χ1) is 7.35. The van der Waals surface area contributed by atoms with E-state index < -0.39 is 42.3 Å². The molecule has 0 aromatic rings. The Morgan fingerprint density at radius 3 is 2.50 bits per heavy atom. The Morgan fingerprint density at radius 2 is 2.00 bits per heavy atom. The third-order valence-electron chi connectivity index (χ3n) is 3.40. The van der Waals surface area contributed by atoms with Crippen molar-refractivity contribution in [2.75, 3.05) is 13.7 Å². The summed E-state index contributed by atoms with van der Waals surface area (Å²) >= 11 is 0. The zero-order chi connectivity index (χ0) is 12.1. The predicted octanol–water partition coefficient (Wildman–Crippen LogP) is -1.41. The van der Waals surface area contributed by atoms with E-state index in [4.69, 9.17) is 19.9 Å². The molecule has 0 aromatic carbocycles. The van der Waals surface area contributed by atoms with E-state index >= 15 is 0 Å². The average Bonchev–Trinajstić information content (AvgIpc) is 2.62. The van der Waals surface area contributed by atoms with E-state index in [1.807, 2.05) is 0 Å². The predicted molar refractivity (Wildman–Crippen MR) is 54.6 cm³/mol. The Balaban J connectivity index is 2.31. The third kappa shape index (κ3) is 1.49. The lowest BCUT2D eigenvalue weighted by Gasteiger charge is -2.32. The van der Waals surface area contributed by atoms with Crippen LogP contribution >= 0.6 is 0 Å². The molecule has 0 unspecified atom stereocenters. The summed E-state index contributed by atoms with van der Waals surface area (Å²) in [6.07, 6.45) is -1.59. The van der Waals surface area contributed by atoms with Crippen LogP contribution in [0.3, 0.4) is 0 Å². The number of methoxy groups -OCH3 is 1. The van der Waals surface area contributed by atoms with E-state index in [2.05, 4.69) is 0 Å². The molecule has 2 rings (SSSR count). The minimum absolute atomic E-state index is 0.452. The molecule has 5 atom stereocenters. The summed E-state index contributed by atoms with van der Waals surface area (Å²) in [5.41, 5.74) is 4.35. The Kier molecular flexibility index (Phi) is 2.77. The van der Waals surface area contributed by atoms with Gasteiger partial charge in [0.1, 0.15) is 23.9 Å². The van der Waals surface area contributed by atoms with E-state index in [0.29, 0.717) is 0 Å². The highest BCUT2D eigenvalue weighted by Gasteiger charge is 2.65. The number of aliphatic hydroxyl groups excluding tert-OH is 1. The Hall–Kier alpha value is -0.240. The third-order valence-corrected chi connectivity index (χ3v) is 3.40. The monoisotopic (exact) mass is 233 g/mol.